The zero-order chi connectivity index (χ0) is 41.6. The van der Waals surface area contributed by atoms with Crippen LogP contribution in [0.25, 0.3) is 0 Å². The Morgan fingerprint density at radius 1 is 0.789 bits per heavy atom. The molecule has 0 bridgehead atoms. The molecule has 2 saturated heterocycles. The summed E-state index contributed by atoms with van der Waals surface area (Å²) in [5.74, 6) is -1.58. The van der Waals surface area contributed by atoms with Gasteiger partial charge in [-0.3, -0.25) is 4.79 Å². The van der Waals surface area contributed by atoms with Crippen molar-refractivity contribution in [2.45, 2.75) is 146 Å². The maximum Gasteiger partial charge on any atom is 0.313 e. The number of hydrogen-bond acceptors (Lipinski definition) is 15. The van der Waals surface area contributed by atoms with Gasteiger partial charge in [0.2, 0.25) is 0 Å². The minimum Gasteiger partial charge on any atom is -0.457 e. The molecule has 15 nitrogen and oxygen atoms in total. The molecule has 20 atom stereocenters. The van der Waals surface area contributed by atoms with Crippen LogP contribution in [0.4, 0.5) is 0 Å². The first-order valence-electron chi connectivity index (χ1n) is 20.5. The van der Waals surface area contributed by atoms with E-state index in [-0.39, 0.29) is 35.7 Å². The molecule has 15 heteroatoms. The molecule has 8 N–H and O–H groups in total. The molecule has 4 fully saturated rings. The Labute approximate surface area is 333 Å². The first-order valence-corrected chi connectivity index (χ1v) is 20.5. The molecule has 0 unspecified atom stereocenters. The van der Waals surface area contributed by atoms with E-state index in [2.05, 4.69) is 6.92 Å². The van der Waals surface area contributed by atoms with Gasteiger partial charge in [-0.25, -0.2) is 0 Å². The summed E-state index contributed by atoms with van der Waals surface area (Å²) < 4.78 is 29.3. The third-order valence-electron chi connectivity index (χ3n) is 15.6. The molecule has 0 radical (unpaired) electrons. The van der Waals surface area contributed by atoms with Gasteiger partial charge in [0.05, 0.1) is 36.3 Å². The third-order valence-corrected chi connectivity index (χ3v) is 15.6. The maximum absolute atomic E-state index is 13.4. The lowest BCUT2D eigenvalue weighted by Gasteiger charge is -2.67. The number of carbonyl (C=O) groups excluding carboxylic acids is 2. The molecule has 7 rings (SSSR count). The predicted octanol–water partition coefficient (Wildman–Crippen LogP) is 0.281. The highest BCUT2D eigenvalue weighted by atomic mass is 16.7. The van der Waals surface area contributed by atoms with Gasteiger partial charge in [0.1, 0.15) is 61.2 Å². The van der Waals surface area contributed by atoms with E-state index < -0.39 is 114 Å². The summed E-state index contributed by atoms with van der Waals surface area (Å²) in [5.41, 5.74) is -4.54. The number of esters is 1. The topological polar surface area (TPSA) is 242 Å². The highest BCUT2D eigenvalue weighted by Gasteiger charge is 2.73. The molecule has 0 aromatic carbocycles. The van der Waals surface area contributed by atoms with Crippen molar-refractivity contribution >= 4 is 12.3 Å². The van der Waals surface area contributed by atoms with Gasteiger partial charge in [0.25, 0.3) is 0 Å². The van der Waals surface area contributed by atoms with Crippen molar-refractivity contribution in [2.24, 2.45) is 51.2 Å². The Morgan fingerprint density at radius 3 is 2.05 bits per heavy atom. The second-order valence-electron chi connectivity index (χ2n) is 19.0. The number of carbonyl (C=O) groups is 2. The largest absolute Gasteiger partial charge is 0.457 e. The monoisotopic (exact) mass is 806 g/mol. The van der Waals surface area contributed by atoms with Gasteiger partial charge in [0.15, 0.2) is 12.6 Å². The van der Waals surface area contributed by atoms with Crippen molar-refractivity contribution in [3.8, 4) is 0 Å². The number of fused-ring (bicyclic) bond motifs is 5. The van der Waals surface area contributed by atoms with Crippen LogP contribution in [0.15, 0.2) is 36.5 Å². The average molecular weight is 807 g/mol. The molecule has 0 spiro atoms. The first kappa shape index (κ1) is 43.0. The minimum absolute atomic E-state index is 0.128. The Morgan fingerprint density at radius 2 is 1.42 bits per heavy atom. The molecule has 0 amide bonds. The summed E-state index contributed by atoms with van der Waals surface area (Å²) in [5, 5.41) is 86.3. The maximum atomic E-state index is 13.4. The quantitative estimate of drug-likeness (QED) is 0.0887. The van der Waals surface area contributed by atoms with Crippen molar-refractivity contribution in [1.29, 1.82) is 0 Å². The number of aliphatic hydroxyl groups is 8. The number of cyclic esters (lactones) is 1. The molecule has 4 aliphatic carbocycles. The van der Waals surface area contributed by atoms with Crippen molar-refractivity contribution in [2.75, 3.05) is 13.2 Å². The van der Waals surface area contributed by atoms with Gasteiger partial charge in [-0.15, -0.1) is 0 Å². The SMILES string of the molecule is CC(C)[C@@H]1C=C[C@H]([C@H]2CC[C@@]3(C)[C@@H]4CC[C@H]5C(C)(C)[C@@H](O[C@@H]6O[C@H](CO)[C@@H](O[C@@H]7O[C@H](CO)[C@@H](O)[C@H](O)[C@H]7O)[C@H](O)[C@H]6O)C=C[C@]5(C)[C@@]4(O)C=C[C@]23C=O)C(=O)O1. The number of hydrogen-bond donors (Lipinski definition) is 8. The van der Waals surface area contributed by atoms with Crippen LogP contribution in [-0.2, 0) is 33.3 Å². The van der Waals surface area contributed by atoms with Crippen LogP contribution >= 0.6 is 0 Å². The number of allylic oxidation sites excluding steroid dienone is 1. The summed E-state index contributed by atoms with van der Waals surface area (Å²) in [6.45, 7) is 10.7. The fraction of sp³-hybridized carbons (Fsp3) is 0.810. The molecule has 57 heavy (non-hydrogen) atoms. The zero-order valence-electron chi connectivity index (χ0n) is 33.5. The van der Waals surface area contributed by atoms with Crippen LogP contribution in [0, 0.1) is 51.2 Å². The van der Waals surface area contributed by atoms with E-state index in [4.69, 9.17) is 23.7 Å². The van der Waals surface area contributed by atoms with Crippen molar-refractivity contribution in [3.05, 3.63) is 36.5 Å². The van der Waals surface area contributed by atoms with Gasteiger partial charge in [-0.1, -0.05) is 71.9 Å². The van der Waals surface area contributed by atoms with Gasteiger partial charge in [0, 0.05) is 5.41 Å². The van der Waals surface area contributed by atoms with E-state index in [0.717, 1.165) is 6.29 Å². The van der Waals surface area contributed by atoms with E-state index in [1.54, 1.807) is 6.08 Å². The summed E-state index contributed by atoms with van der Waals surface area (Å²) in [7, 11) is 0. The van der Waals surface area contributed by atoms with Crippen LogP contribution in [0.1, 0.15) is 67.2 Å². The summed E-state index contributed by atoms with van der Waals surface area (Å²) in [6, 6.07) is 0. The van der Waals surface area contributed by atoms with Crippen LogP contribution in [0.3, 0.4) is 0 Å². The molecule has 0 aromatic heterocycles. The van der Waals surface area contributed by atoms with Gasteiger partial charge < -0.3 is 69.3 Å². The Kier molecular flexibility index (Phi) is 11.4. The highest BCUT2D eigenvalue weighted by Crippen LogP contribution is 2.73. The first-order chi connectivity index (χ1) is 26.8. The zero-order valence-corrected chi connectivity index (χ0v) is 33.5. The molecule has 2 saturated carbocycles. The van der Waals surface area contributed by atoms with Crippen LogP contribution in [-0.4, -0.2) is 146 Å². The second kappa shape index (κ2) is 15.1. The van der Waals surface area contributed by atoms with E-state index in [1.165, 1.54) is 0 Å². The molecule has 0 aromatic rings. The van der Waals surface area contributed by atoms with Crippen molar-refractivity contribution < 1.29 is 74.1 Å². The lowest BCUT2D eigenvalue weighted by atomic mass is 9.39. The highest BCUT2D eigenvalue weighted by molar-refractivity contribution is 5.79. The summed E-state index contributed by atoms with van der Waals surface area (Å²) in [4.78, 5) is 26.8. The predicted molar refractivity (Wildman–Crippen MR) is 199 cm³/mol. The molecule has 320 valence electrons. The molecule has 3 aliphatic heterocycles. The summed E-state index contributed by atoms with van der Waals surface area (Å²) in [6.07, 6.45) is -1.94. The number of ether oxygens (including phenoxy) is 5. The van der Waals surface area contributed by atoms with Gasteiger partial charge in [-0.2, -0.15) is 0 Å². The number of aldehydes is 1. The third kappa shape index (κ3) is 6.29. The molecular formula is C42H62O15. The van der Waals surface area contributed by atoms with E-state index >= 15 is 0 Å². The Bertz CT molecular complexity index is 1610. The van der Waals surface area contributed by atoms with E-state index in [0.29, 0.717) is 25.7 Å². The minimum atomic E-state index is -1.79. The Hall–Kier alpha value is -2.12. The average Bonchev–Trinajstić information content (AvgIpc) is 3.48. The van der Waals surface area contributed by atoms with Crippen LogP contribution < -0.4 is 0 Å². The van der Waals surface area contributed by atoms with Crippen LogP contribution in [0.5, 0.6) is 0 Å². The van der Waals surface area contributed by atoms with Crippen molar-refractivity contribution in [3.63, 3.8) is 0 Å². The normalized spacial score (nSPS) is 52.9. The summed E-state index contributed by atoms with van der Waals surface area (Å²) >= 11 is 0. The van der Waals surface area contributed by atoms with Crippen molar-refractivity contribution in [1.82, 2.24) is 0 Å². The van der Waals surface area contributed by atoms with Gasteiger partial charge in [-0.05, 0) is 66.3 Å². The lowest BCUT2D eigenvalue weighted by Crippen LogP contribution is -2.69. The smallest absolute Gasteiger partial charge is 0.313 e. The van der Waals surface area contributed by atoms with Crippen LogP contribution in [0.2, 0.25) is 0 Å². The molecule has 7 aliphatic rings. The fourth-order valence-electron chi connectivity index (χ4n) is 12.1. The molecule has 3 heterocycles. The molecular weight excluding hydrogens is 744 g/mol. The fourth-order valence-corrected chi connectivity index (χ4v) is 12.1. The standard InChI is InChI=1S/C42H62O15/c1-20(2)23-8-7-21(35(51)53-23)22-11-13-39(5)27-10-9-26-38(3,4)28(12-14-40(26,6)42(27,52)16-15-41(22,39)19-45)56-36-33(50)31(48)34(25(18-44)55-36)57-37-32(49)30(47)29(46)24(17-43)54-37/h7-8,12,14-16,19-34,36-37,43-44,46-50,52H,9-11,13,17-18H2,1-6H3/t21-,22-,23+,24-,25-,26+,27+,28+,29-,30+,31-,32-,33-,34-,36+,37+,39+,40+,41+,42-/m1/s1. The van der Waals surface area contributed by atoms with E-state index in [1.807, 2.05) is 65.0 Å². The Balaban J connectivity index is 1.12. The van der Waals surface area contributed by atoms with Gasteiger partial charge >= 0.3 is 5.97 Å². The lowest BCUT2D eigenvalue weighted by molar-refractivity contribution is -0.365. The second-order valence-corrected chi connectivity index (χ2v) is 19.0. The number of aliphatic hydroxyl groups excluding tert-OH is 7. The number of rotatable bonds is 9. The van der Waals surface area contributed by atoms with E-state index in [9.17, 15) is 50.4 Å².